The Morgan fingerprint density at radius 1 is 0.278 bits per heavy atom. The Morgan fingerprint density at radius 2 is 0.750 bits per heavy atom. The summed E-state index contributed by atoms with van der Waals surface area (Å²) in [6, 6.07) is 93.7. The Hall–Kier alpha value is -8.56. The fourth-order valence-corrected chi connectivity index (χ4v) is 14.1. The van der Waals surface area contributed by atoms with Crippen LogP contribution in [0.1, 0.15) is 47.2 Å². The zero-order chi connectivity index (χ0) is 47.7. The van der Waals surface area contributed by atoms with Crippen molar-refractivity contribution in [3.63, 3.8) is 0 Å². The maximum atomic E-state index is 2.50. The van der Waals surface area contributed by atoms with Crippen LogP contribution in [0.2, 0.25) is 0 Å². The summed E-state index contributed by atoms with van der Waals surface area (Å²) in [5.74, 6) is 0. The zero-order valence-electron chi connectivity index (χ0n) is 40.0. The van der Waals surface area contributed by atoms with Crippen LogP contribution in [0.15, 0.2) is 249 Å². The van der Waals surface area contributed by atoms with Gasteiger partial charge in [-0.2, -0.15) is 0 Å². The van der Waals surface area contributed by atoms with Gasteiger partial charge in [0.15, 0.2) is 0 Å². The Bertz CT molecular complexity index is 4150. The number of fused-ring (bicyclic) bond motifs is 16. The molecule has 0 saturated carbocycles. The van der Waals surface area contributed by atoms with Gasteiger partial charge in [-0.3, -0.25) is 0 Å². The van der Waals surface area contributed by atoms with Gasteiger partial charge in [-0.05, 0) is 161 Å². The van der Waals surface area contributed by atoms with E-state index in [1.54, 1.807) is 0 Å². The number of anilines is 3. The van der Waals surface area contributed by atoms with E-state index >= 15 is 0 Å². The highest BCUT2D eigenvalue weighted by Gasteiger charge is 2.51. The molecule has 12 aromatic rings. The molecule has 0 saturated heterocycles. The van der Waals surface area contributed by atoms with Crippen molar-refractivity contribution in [2.75, 3.05) is 4.90 Å². The van der Waals surface area contributed by atoms with Crippen molar-refractivity contribution >= 4 is 48.6 Å². The second-order valence-electron chi connectivity index (χ2n) is 20.3. The maximum Gasteiger partial charge on any atom is 0.0725 e. The van der Waals surface area contributed by atoms with Crippen LogP contribution in [0.4, 0.5) is 17.1 Å². The van der Waals surface area contributed by atoms with Gasteiger partial charge in [0.1, 0.15) is 0 Å². The van der Waals surface area contributed by atoms with Crippen LogP contribution in [0.5, 0.6) is 0 Å². The Kier molecular flexibility index (Phi) is 8.86. The van der Waals surface area contributed by atoms with Crippen LogP contribution in [0.3, 0.4) is 0 Å². The van der Waals surface area contributed by atoms with Crippen molar-refractivity contribution in [2.45, 2.75) is 24.7 Å². The van der Waals surface area contributed by atoms with Gasteiger partial charge in [0.25, 0.3) is 0 Å². The van der Waals surface area contributed by atoms with Gasteiger partial charge in [-0.1, -0.05) is 202 Å². The SMILES string of the molecule is CC1(C)c2ccccc2-c2ccc(N(c3ccc(-c4ccccc4)cc3)c3ccc(-c4ccc5sc6ccccc6c5c4)c(-c4ccc5c(c4)-c4ccccc4C54c5ccccc5-c5ccccc54)c3)cc21. The summed E-state index contributed by atoms with van der Waals surface area (Å²) in [6.45, 7) is 4.75. The van der Waals surface area contributed by atoms with Gasteiger partial charge in [0.05, 0.1) is 5.41 Å². The lowest BCUT2D eigenvalue weighted by Gasteiger charge is -2.30. The summed E-state index contributed by atoms with van der Waals surface area (Å²) in [5.41, 5.74) is 26.0. The highest BCUT2D eigenvalue weighted by atomic mass is 32.1. The second-order valence-corrected chi connectivity index (χ2v) is 21.4. The molecule has 2 heteroatoms. The van der Waals surface area contributed by atoms with E-state index in [2.05, 4.69) is 267 Å². The molecule has 0 radical (unpaired) electrons. The Morgan fingerprint density at radius 3 is 1.46 bits per heavy atom. The summed E-state index contributed by atoms with van der Waals surface area (Å²) in [6.07, 6.45) is 0. The summed E-state index contributed by atoms with van der Waals surface area (Å²) in [5, 5.41) is 2.61. The average molecular weight is 934 g/mol. The minimum absolute atomic E-state index is 0.150. The van der Waals surface area contributed by atoms with Crippen LogP contribution < -0.4 is 4.90 Å². The zero-order valence-corrected chi connectivity index (χ0v) is 40.8. The van der Waals surface area contributed by atoms with Crippen LogP contribution in [-0.2, 0) is 10.8 Å². The van der Waals surface area contributed by atoms with E-state index < -0.39 is 5.41 Å². The van der Waals surface area contributed by atoms with E-state index in [0.717, 1.165) is 17.1 Å². The lowest BCUT2D eigenvalue weighted by Crippen LogP contribution is -2.25. The third kappa shape index (κ3) is 5.82. The number of hydrogen-bond donors (Lipinski definition) is 0. The summed E-state index contributed by atoms with van der Waals surface area (Å²) in [4.78, 5) is 2.47. The lowest BCUT2D eigenvalue weighted by atomic mass is 9.70. The van der Waals surface area contributed by atoms with Crippen molar-refractivity contribution in [2.24, 2.45) is 0 Å². The molecule has 1 nitrogen and oxygen atoms in total. The average Bonchev–Trinajstić information content (AvgIpc) is 4.13. The minimum atomic E-state index is -0.406. The molecular weight excluding hydrogens is 887 g/mol. The topological polar surface area (TPSA) is 3.24 Å². The first-order valence-electron chi connectivity index (χ1n) is 25.2. The molecule has 1 heterocycles. The fourth-order valence-electron chi connectivity index (χ4n) is 13.0. The number of hydrogen-bond acceptors (Lipinski definition) is 2. The molecule has 0 N–H and O–H groups in total. The van der Waals surface area contributed by atoms with Crippen molar-refractivity contribution in [3.8, 4) is 66.8 Å². The molecule has 15 rings (SSSR count). The molecule has 11 aromatic carbocycles. The first kappa shape index (κ1) is 41.2. The van der Waals surface area contributed by atoms with Crippen molar-refractivity contribution in [3.05, 3.63) is 282 Å². The van der Waals surface area contributed by atoms with Gasteiger partial charge < -0.3 is 4.90 Å². The van der Waals surface area contributed by atoms with Gasteiger partial charge in [-0.25, -0.2) is 0 Å². The highest BCUT2D eigenvalue weighted by Crippen LogP contribution is 2.63. The summed E-state index contributed by atoms with van der Waals surface area (Å²) in [7, 11) is 0. The Balaban J connectivity index is 0.964. The first-order chi connectivity index (χ1) is 35.4. The molecule has 3 aliphatic rings. The summed E-state index contributed by atoms with van der Waals surface area (Å²) >= 11 is 1.87. The monoisotopic (exact) mass is 933 g/mol. The molecule has 3 aliphatic carbocycles. The largest absolute Gasteiger partial charge is 0.310 e. The van der Waals surface area contributed by atoms with E-state index in [4.69, 9.17) is 0 Å². The molecule has 0 unspecified atom stereocenters. The van der Waals surface area contributed by atoms with Crippen molar-refractivity contribution in [1.82, 2.24) is 0 Å². The maximum absolute atomic E-state index is 2.50. The number of thiophene rings is 1. The van der Waals surface area contributed by atoms with Crippen molar-refractivity contribution in [1.29, 1.82) is 0 Å². The molecule has 1 spiro atoms. The first-order valence-corrected chi connectivity index (χ1v) is 26.0. The van der Waals surface area contributed by atoms with Gasteiger partial charge in [-0.15, -0.1) is 11.3 Å². The Labute approximate surface area is 424 Å². The lowest BCUT2D eigenvalue weighted by molar-refractivity contribution is 0.660. The highest BCUT2D eigenvalue weighted by molar-refractivity contribution is 7.25. The number of rotatable bonds is 6. The van der Waals surface area contributed by atoms with E-state index in [1.165, 1.54) is 120 Å². The number of nitrogens with zero attached hydrogens (tertiary/aromatic N) is 1. The van der Waals surface area contributed by atoms with Crippen LogP contribution >= 0.6 is 11.3 Å². The van der Waals surface area contributed by atoms with E-state index in [9.17, 15) is 0 Å². The van der Waals surface area contributed by atoms with Gasteiger partial charge in [0, 0.05) is 42.6 Å². The molecule has 0 amide bonds. The smallest absolute Gasteiger partial charge is 0.0725 e. The third-order valence-corrected chi connectivity index (χ3v) is 17.5. The van der Waals surface area contributed by atoms with E-state index in [0.29, 0.717) is 0 Å². The third-order valence-electron chi connectivity index (χ3n) is 16.3. The predicted molar refractivity (Wildman–Crippen MR) is 304 cm³/mol. The molecule has 338 valence electrons. The normalized spacial score (nSPS) is 13.9. The molecule has 0 aliphatic heterocycles. The van der Waals surface area contributed by atoms with Crippen LogP contribution in [-0.4, -0.2) is 0 Å². The molecule has 0 fully saturated rings. The van der Waals surface area contributed by atoms with Gasteiger partial charge >= 0.3 is 0 Å². The fraction of sp³-hybridized carbons (Fsp3) is 0.0571. The van der Waals surface area contributed by atoms with E-state index in [1.807, 2.05) is 11.3 Å². The van der Waals surface area contributed by atoms with Crippen molar-refractivity contribution < 1.29 is 0 Å². The molecule has 0 atom stereocenters. The number of benzene rings is 11. The summed E-state index contributed by atoms with van der Waals surface area (Å²) < 4.78 is 2.62. The predicted octanol–water partition coefficient (Wildman–Crippen LogP) is 19.2. The van der Waals surface area contributed by atoms with Gasteiger partial charge in [0.2, 0.25) is 0 Å². The molecule has 0 bridgehead atoms. The molecule has 72 heavy (non-hydrogen) atoms. The van der Waals surface area contributed by atoms with Crippen LogP contribution in [0, 0.1) is 0 Å². The molecular formula is C70H47NS. The standard InChI is InChI=1S/C70H47NS/c1-69(2)61-23-11-6-18-52(61)56-37-35-50(43-66(56)69)71(48-32-28-45(29-33-48)44-16-4-3-5-17-44)49-34-36-51(46-31-39-68-60(41-46)57-22-10-15-27-67(57)72-68)58(42-49)47-30-38-65-59(40-47)55-21-9-14-26-64(55)70(65)62-24-12-7-19-53(62)54-20-8-13-25-63(54)70/h3-43H,1-2H3. The second kappa shape index (κ2) is 15.5. The molecule has 1 aromatic heterocycles. The quantitative estimate of drug-likeness (QED) is 0.161. The van der Waals surface area contributed by atoms with E-state index in [-0.39, 0.29) is 5.41 Å². The van der Waals surface area contributed by atoms with Crippen LogP contribution in [0.25, 0.3) is 86.9 Å². The minimum Gasteiger partial charge on any atom is -0.310 e.